The average Bonchev–Trinajstić information content (AvgIpc) is 3.08. The van der Waals surface area contributed by atoms with Crippen molar-refractivity contribution in [2.24, 2.45) is 0 Å². The molecule has 1 aliphatic heterocycles. The summed E-state index contributed by atoms with van der Waals surface area (Å²) < 4.78 is 5.59. The monoisotopic (exact) mass is 312 g/mol. The Morgan fingerprint density at radius 3 is 2.78 bits per heavy atom. The van der Waals surface area contributed by atoms with E-state index in [0.29, 0.717) is 12.3 Å². The van der Waals surface area contributed by atoms with Crippen LogP contribution >= 0.6 is 0 Å². The smallest absolute Gasteiger partial charge is 0.239 e. The van der Waals surface area contributed by atoms with Crippen LogP contribution in [0.5, 0.6) is 5.75 Å². The molecule has 1 fully saturated rings. The summed E-state index contributed by atoms with van der Waals surface area (Å²) in [6, 6.07) is 7.67. The molecule has 1 aromatic rings. The maximum Gasteiger partial charge on any atom is 0.239 e. The van der Waals surface area contributed by atoms with Gasteiger partial charge in [-0.25, -0.2) is 0 Å². The van der Waals surface area contributed by atoms with Crippen molar-refractivity contribution >= 4 is 5.91 Å². The summed E-state index contributed by atoms with van der Waals surface area (Å²) in [6.45, 7) is 8.93. The van der Waals surface area contributed by atoms with E-state index in [1.807, 2.05) is 31.3 Å². The Balaban J connectivity index is 1.89. The zero-order valence-corrected chi connectivity index (χ0v) is 13.6. The van der Waals surface area contributed by atoms with Gasteiger partial charge in [0.2, 0.25) is 5.91 Å². The molecule has 122 valence electrons. The van der Waals surface area contributed by atoms with E-state index in [1.165, 1.54) is 0 Å². The number of likely N-dealkylation sites (N-methyl/N-ethyl adjacent to an activating group) is 1. The van der Waals surface area contributed by atoms with Crippen molar-refractivity contribution in [3.05, 3.63) is 67.0 Å². The van der Waals surface area contributed by atoms with E-state index in [9.17, 15) is 4.79 Å². The van der Waals surface area contributed by atoms with Crippen LogP contribution in [0.3, 0.4) is 0 Å². The van der Waals surface area contributed by atoms with E-state index in [2.05, 4.69) is 18.5 Å². The number of amides is 1. The van der Waals surface area contributed by atoms with Crippen molar-refractivity contribution in [3.63, 3.8) is 0 Å². The van der Waals surface area contributed by atoms with Gasteiger partial charge in [-0.2, -0.15) is 0 Å². The Bertz CT molecular complexity index is 584. The van der Waals surface area contributed by atoms with E-state index >= 15 is 0 Å². The van der Waals surface area contributed by atoms with Gasteiger partial charge in [0.1, 0.15) is 11.5 Å². The van der Waals surface area contributed by atoms with Gasteiger partial charge in [-0.05, 0) is 43.2 Å². The van der Waals surface area contributed by atoms with Crippen molar-refractivity contribution in [2.45, 2.75) is 25.4 Å². The first-order chi connectivity index (χ1) is 11.1. The summed E-state index contributed by atoms with van der Waals surface area (Å²) in [5, 5.41) is 3.24. The summed E-state index contributed by atoms with van der Waals surface area (Å²) in [7, 11) is 1.84. The number of rotatable bonds is 7. The highest BCUT2D eigenvalue weighted by Crippen LogP contribution is 2.17. The average molecular weight is 312 g/mol. The fourth-order valence-electron chi connectivity index (χ4n) is 2.54. The Labute approximate surface area is 138 Å². The van der Waals surface area contributed by atoms with E-state index in [1.54, 1.807) is 23.1 Å². The second kappa shape index (κ2) is 8.34. The van der Waals surface area contributed by atoms with Gasteiger partial charge in [0.25, 0.3) is 0 Å². The van der Waals surface area contributed by atoms with Crippen molar-refractivity contribution in [2.75, 3.05) is 13.6 Å². The third-order valence-corrected chi connectivity index (χ3v) is 3.74. The van der Waals surface area contributed by atoms with Gasteiger partial charge < -0.3 is 15.0 Å². The number of carbonyl (C=O) groups excluding carboxylic acids is 1. The minimum Gasteiger partial charge on any atom is -0.458 e. The molecule has 4 heteroatoms. The van der Waals surface area contributed by atoms with Crippen LogP contribution in [0.1, 0.15) is 18.4 Å². The quantitative estimate of drug-likeness (QED) is 0.621. The van der Waals surface area contributed by atoms with Crippen LogP contribution in [-0.4, -0.2) is 30.4 Å². The molecule has 1 N–H and O–H groups in total. The van der Waals surface area contributed by atoms with E-state index in [0.717, 1.165) is 30.7 Å². The molecule has 0 bridgehead atoms. The lowest BCUT2D eigenvalue weighted by Gasteiger charge is -2.21. The van der Waals surface area contributed by atoms with Gasteiger partial charge in [-0.1, -0.05) is 37.4 Å². The molecule has 1 saturated heterocycles. The molecule has 0 radical (unpaired) electrons. The molecule has 1 aromatic carbocycles. The number of hydrogen-bond acceptors (Lipinski definition) is 3. The number of nitrogens with zero attached hydrogens (tertiary/aromatic N) is 1. The Morgan fingerprint density at radius 1 is 1.43 bits per heavy atom. The molecule has 0 aromatic heterocycles. The lowest BCUT2D eigenvalue weighted by Crippen LogP contribution is -2.41. The van der Waals surface area contributed by atoms with Gasteiger partial charge in [-0.3, -0.25) is 4.79 Å². The van der Waals surface area contributed by atoms with Gasteiger partial charge in [-0.15, -0.1) is 0 Å². The number of ether oxygens (including phenoxy) is 1. The second-order valence-electron chi connectivity index (χ2n) is 5.65. The van der Waals surface area contributed by atoms with Gasteiger partial charge in [0, 0.05) is 13.6 Å². The predicted octanol–water partition coefficient (Wildman–Crippen LogP) is 3.03. The molecule has 1 amide bonds. The van der Waals surface area contributed by atoms with Crippen LogP contribution in [0.4, 0.5) is 0 Å². The topological polar surface area (TPSA) is 41.6 Å². The van der Waals surface area contributed by atoms with Gasteiger partial charge in [0.05, 0.1) is 6.04 Å². The molecule has 1 aliphatic rings. The summed E-state index contributed by atoms with van der Waals surface area (Å²) in [4.78, 5) is 14.0. The number of allylic oxidation sites excluding steroid dienone is 3. The molecule has 0 aliphatic carbocycles. The SMILES string of the molecule is C=C/C=C\C(=C)Oc1ccc(CN(C)C(=O)[C@@H]2CCCN2)cc1. The van der Waals surface area contributed by atoms with Crippen LogP contribution in [0.25, 0.3) is 0 Å². The van der Waals surface area contributed by atoms with Crippen LogP contribution in [0.2, 0.25) is 0 Å². The number of nitrogens with one attached hydrogen (secondary N) is 1. The molecular weight excluding hydrogens is 288 g/mol. The number of carbonyl (C=O) groups is 1. The highest BCUT2D eigenvalue weighted by Gasteiger charge is 2.24. The highest BCUT2D eigenvalue weighted by atomic mass is 16.5. The van der Waals surface area contributed by atoms with E-state index < -0.39 is 0 Å². The molecule has 23 heavy (non-hydrogen) atoms. The molecule has 0 spiro atoms. The highest BCUT2D eigenvalue weighted by molar-refractivity contribution is 5.81. The largest absolute Gasteiger partial charge is 0.458 e. The molecule has 2 rings (SSSR count). The zero-order valence-electron chi connectivity index (χ0n) is 13.6. The third kappa shape index (κ3) is 5.11. The first kappa shape index (κ1) is 17.0. The minimum absolute atomic E-state index is 0.0254. The maximum atomic E-state index is 12.3. The van der Waals surface area contributed by atoms with Crippen molar-refractivity contribution in [1.29, 1.82) is 0 Å². The van der Waals surface area contributed by atoms with Crippen LogP contribution < -0.4 is 10.1 Å². The van der Waals surface area contributed by atoms with Crippen LogP contribution in [-0.2, 0) is 11.3 Å². The molecule has 1 heterocycles. The number of hydrogen-bond donors (Lipinski definition) is 1. The maximum absolute atomic E-state index is 12.3. The first-order valence-electron chi connectivity index (χ1n) is 7.83. The normalized spacial score (nSPS) is 17.2. The molecular formula is C19H24N2O2. The molecule has 0 unspecified atom stereocenters. The first-order valence-corrected chi connectivity index (χ1v) is 7.83. The standard InChI is InChI=1S/C19H24N2O2/c1-4-5-7-15(2)23-17-11-9-16(10-12-17)14-21(3)19(22)18-8-6-13-20-18/h4-5,7,9-12,18,20H,1-2,6,8,13-14H2,3H3/b7-5-/t18-/m0/s1. The fourth-order valence-corrected chi connectivity index (χ4v) is 2.54. The summed E-state index contributed by atoms with van der Waals surface area (Å²) >= 11 is 0. The summed E-state index contributed by atoms with van der Waals surface area (Å²) in [5.41, 5.74) is 1.07. The van der Waals surface area contributed by atoms with Crippen LogP contribution in [0.15, 0.2) is 61.4 Å². The van der Waals surface area contributed by atoms with E-state index in [4.69, 9.17) is 4.74 Å². The Kier molecular flexibility index (Phi) is 6.18. The van der Waals surface area contributed by atoms with E-state index in [-0.39, 0.29) is 11.9 Å². The van der Waals surface area contributed by atoms with Crippen molar-refractivity contribution in [3.8, 4) is 5.75 Å². The molecule has 1 atom stereocenters. The number of benzene rings is 1. The molecule has 4 nitrogen and oxygen atoms in total. The minimum atomic E-state index is -0.0254. The summed E-state index contributed by atoms with van der Waals surface area (Å²) in [6.07, 6.45) is 7.19. The predicted molar refractivity (Wildman–Crippen MR) is 93.0 cm³/mol. The fraction of sp³-hybridized carbons (Fsp3) is 0.316. The second-order valence-corrected chi connectivity index (χ2v) is 5.65. The molecule has 0 saturated carbocycles. The summed E-state index contributed by atoms with van der Waals surface area (Å²) in [5.74, 6) is 1.43. The third-order valence-electron chi connectivity index (χ3n) is 3.74. The lowest BCUT2D eigenvalue weighted by molar-refractivity contribution is -0.132. The van der Waals surface area contributed by atoms with Gasteiger partial charge in [0.15, 0.2) is 0 Å². The van der Waals surface area contributed by atoms with Crippen molar-refractivity contribution in [1.82, 2.24) is 10.2 Å². The Hall–Kier alpha value is -2.33. The van der Waals surface area contributed by atoms with Gasteiger partial charge >= 0.3 is 0 Å². The zero-order chi connectivity index (χ0) is 16.7. The lowest BCUT2D eigenvalue weighted by atomic mass is 10.1. The van der Waals surface area contributed by atoms with Crippen molar-refractivity contribution < 1.29 is 9.53 Å². The Morgan fingerprint density at radius 2 is 2.17 bits per heavy atom. The van der Waals surface area contributed by atoms with Crippen LogP contribution in [0, 0.1) is 0 Å².